The van der Waals surface area contributed by atoms with E-state index in [1.165, 1.54) is 0 Å². The average Bonchev–Trinajstić information content (AvgIpc) is 3.10. The first-order valence-electron chi connectivity index (χ1n) is 5.79. The van der Waals surface area contributed by atoms with E-state index in [2.05, 4.69) is 15.5 Å². The largest absolute Gasteiger partial charge is 0.387 e. The Kier molecular flexibility index (Phi) is 2.57. The number of aliphatic hydroxyl groups excluding tert-OH is 1. The number of rotatable bonds is 4. The second-order valence-electron chi connectivity index (χ2n) is 4.48. The van der Waals surface area contributed by atoms with Gasteiger partial charge in [-0.05, 0) is 24.5 Å². The lowest BCUT2D eigenvalue weighted by Gasteiger charge is -2.12. The van der Waals surface area contributed by atoms with Crippen molar-refractivity contribution in [2.45, 2.75) is 25.0 Å². The van der Waals surface area contributed by atoms with E-state index < -0.39 is 12.1 Å². The number of aliphatic hydroxyl groups is 1. The Balaban J connectivity index is 1.89. The molecule has 0 saturated heterocycles. The summed E-state index contributed by atoms with van der Waals surface area (Å²) in [5, 5.41) is 19.8. The first-order chi connectivity index (χ1) is 8.25. The zero-order valence-electron chi connectivity index (χ0n) is 9.28. The number of nitrogens with zero attached hydrogens (tertiary/aromatic N) is 1. The minimum Gasteiger partial charge on any atom is -0.387 e. The average molecular weight is 235 g/mol. The molecular formula is C12H14FN3O. The van der Waals surface area contributed by atoms with E-state index in [9.17, 15) is 9.50 Å². The Labute approximate surface area is 97.8 Å². The molecule has 1 heterocycles. The number of fused-ring (bicyclic) bond motifs is 1. The van der Waals surface area contributed by atoms with Crippen molar-refractivity contribution >= 4 is 10.9 Å². The van der Waals surface area contributed by atoms with Gasteiger partial charge in [-0.2, -0.15) is 4.39 Å². The number of H-pyrrole nitrogens is 1. The Bertz CT molecular complexity index is 536. The lowest BCUT2D eigenvalue weighted by molar-refractivity contribution is 0.175. The van der Waals surface area contributed by atoms with Gasteiger partial charge < -0.3 is 10.4 Å². The third-order valence-corrected chi connectivity index (χ3v) is 3.11. The van der Waals surface area contributed by atoms with Crippen molar-refractivity contribution < 1.29 is 9.50 Å². The molecular weight excluding hydrogens is 221 g/mol. The molecule has 17 heavy (non-hydrogen) atoms. The summed E-state index contributed by atoms with van der Waals surface area (Å²) >= 11 is 0. The van der Waals surface area contributed by atoms with E-state index >= 15 is 0 Å². The predicted octanol–water partition coefficient (Wildman–Crippen LogP) is 1.49. The van der Waals surface area contributed by atoms with E-state index in [0.717, 1.165) is 12.8 Å². The Morgan fingerprint density at radius 2 is 2.35 bits per heavy atom. The second-order valence-corrected chi connectivity index (χ2v) is 4.48. The van der Waals surface area contributed by atoms with Gasteiger partial charge in [-0.15, -0.1) is 5.10 Å². The van der Waals surface area contributed by atoms with Crippen molar-refractivity contribution in [3.63, 3.8) is 0 Å². The zero-order chi connectivity index (χ0) is 11.8. The molecule has 0 spiro atoms. The van der Waals surface area contributed by atoms with Gasteiger partial charge in [0.1, 0.15) is 0 Å². The summed E-state index contributed by atoms with van der Waals surface area (Å²) in [6.07, 6.45) is 1.62. The van der Waals surface area contributed by atoms with Crippen LogP contribution in [-0.2, 0) is 0 Å². The van der Waals surface area contributed by atoms with Gasteiger partial charge in [0.05, 0.1) is 17.0 Å². The van der Waals surface area contributed by atoms with Gasteiger partial charge in [-0.1, -0.05) is 12.1 Å². The van der Waals surface area contributed by atoms with Gasteiger partial charge in [-0.25, -0.2) is 0 Å². The highest BCUT2D eigenvalue weighted by atomic mass is 19.1. The number of benzene rings is 1. The Morgan fingerprint density at radius 3 is 3.12 bits per heavy atom. The fraction of sp³-hybridized carbons (Fsp3) is 0.417. The van der Waals surface area contributed by atoms with Crippen LogP contribution in [-0.4, -0.2) is 27.9 Å². The van der Waals surface area contributed by atoms with Crippen molar-refractivity contribution in [1.82, 2.24) is 15.5 Å². The molecule has 0 radical (unpaired) electrons. The SMILES string of the molecule is O[C@@H](CNC1CC1)c1cccc2[nH]nc(F)c12. The molecule has 1 aliphatic rings. The van der Waals surface area contributed by atoms with Gasteiger partial charge in [0.15, 0.2) is 0 Å². The van der Waals surface area contributed by atoms with Crippen LogP contribution < -0.4 is 5.32 Å². The molecule has 3 rings (SSSR count). The molecule has 1 saturated carbocycles. The van der Waals surface area contributed by atoms with Crippen molar-refractivity contribution in [2.24, 2.45) is 0 Å². The molecule has 0 aliphatic heterocycles. The minimum atomic E-state index is -0.702. The van der Waals surface area contributed by atoms with E-state index in [4.69, 9.17) is 0 Å². The molecule has 2 aromatic rings. The Hall–Kier alpha value is -1.46. The fourth-order valence-corrected chi connectivity index (χ4v) is 2.01. The standard InChI is InChI=1S/C12H14FN3O/c13-12-11-8(2-1-3-9(11)15-16-12)10(17)6-14-7-4-5-7/h1-3,7,10,14,17H,4-6H2,(H,15,16)/t10-/m0/s1. The molecule has 4 nitrogen and oxygen atoms in total. The smallest absolute Gasteiger partial charge is 0.240 e. The van der Waals surface area contributed by atoms with Gasteiger partial charge in [0.25, 0.3) is 0 Å². The molecule has 1 fully saturated rings. The summed E-state index contributed by atoms with van der Waals surface area (Å²) in [4.78, 5) is 0. The molecule has 1 atom stereocenters. The maximum atomic E-state index is 13.5. The first kappa shape index (κ1) is 10.7. The molecule has 1 aliphatic carbocycles. The van der Waals surface area contributed by atoms with Crippen molar-refractivity contribution in [3.8, 4) is 0 Å². The van der Waals surface area contributed by atoms with E-state index in [-0.39, 0.29) is 0 Å². The van der Waals surface area contributed by atoms with Crippen LogP contribution in [0, 0.1) is 5.95 Å². The predicted molar refractivity (Wildman–Crippen MR) is 62.0 cm³/mol. The van der Waals surface area contributed by atoms with Crippen LogP contribution in [0.25, 0.3) is 10.9 Å². The molecule has 0 bridgehead atoms. The molecule has 5 heteroatoms. The number of aromatic nitrogens is 2. The van der Waals surface area contributed by atoms with Crippen LogP contribution in [0.15, 0.2) is 18.2 Å². The third kappa shape index (κ3) is 2.03. The third-order valence-electron chi connectivity index (χ3n) is 3.11. The van der Waals surface area contributed by atoms with E-state index in [0.29, 0.717) is 29.1 Å². The van der Waals surface area contributed by atoms with Crippen LogP contribution in [0.4, 0.5) is 4.39 Å². The number of aromatic amines is 1. The van der Waals surface area contributed by atoms with Gasteiger partial charge >= 0.3 is 0 Å². The number of halogens is 1. The van der Waals surface area contributed by atoms with Gasteiger partial charge in [0, 0.05) is 12.6 Å². The van der Waals surface area contributed by atoms with Crippen LogP contribution in [0.3, 0.4) is 0 Å². The van der Waals surface area contributed by atoms with E-state index in [1.54, 1.807) is 18.2 Å². The van der Waals surface area contributed by atoms with Crippen molar-refractivity contribution in [3.05, 3.63) is 29.7 Å². The van der Waals surface area contributed by atoms with Gasteiger partial charge in [-0.3, -0.25) is 5.10 Å². The highest BCUT2D eigenvalue weighted by molar-refractivity contribution is 5.82. The van der Waals surface area contributed by atoms with Crippen molar-refractivity contribution in [2.75, 3.05) is 6.54 Å². The second kappa shape index (κ2) is 4.09. The molecule has 90 valence electrons. The number of nitrogens with one attached hydrogen (secondary N) is 2. The molecule has 3 N–H and O–H groups in total. The molecule has 1 aromatic carbocycles. The minimum absolute atomic E-state index is 0.387. The maximum absolute atomic E-state index is 13.5. The topological polar surface area (TPSA) is 60.9 Å². The molecule has 0 unspecified atom stereocenters. The van der Waals surface area contributed by atoms with Crippen LogP contribution in [0.2, 0.25) is 0 Å². The highest BCUT2D eigenvalue weighted by Gasteiger charge is 2.23. The summed E-state index contributed by atoms with van der Waals surface area (Å²) in [5.74, 6) is -0.555. The highest BCUT2D eigenvalue weighted by Crippen LogP contribution is 2.26. The summed E-state index contributed by atoms with van der Waals surface area (Å²) in [5.41, 5.74) is 1.20. The van der Waals surface area contributed by atoms with Gasteiger partial charge in [0.2, 0.25) is 5.95 Å². The van der Waals surface area contributed by atoms with Crippen molar-refractivity contribution in [1.29, 1.82) is 0 Å². The summed E-state index contributed by atoms with van der Waals surface area (Å²) in [6.45, 7) is 0.453. The molecule has 1 aromatic heterocycles. The Morgan fingerprint density at radius 1 is 1.53 bits per heavy atom. The lowest BCUT2D eigenvalue weighted by atomic mass is 10.0. The fourth-order valence-electron chi connectivity index (χ4n) is 2.01. The lowest BCUT2D eigenvalue weighted by Crippen LogP contribution is -2.23. The quantitative estimate of drug-likeness (QED) is 0.752. The maximum Gasteiger partial charge on any atom is 0.240 e. The summed E-state index contributed by atoms with van der Waals surface area (Å²) in [7, 11) is 0. The van der Waals surface area contributed by atoms with Crippen LogP contribution in [0.5, 0.6) is 0 Å². The molecule has 0 amide bonds. The van der Waals surface area contributed by atoms with Crippen LogP contribution >= 0.6 is 0 Å². The number of hydrogen-bond acceptors (Lipinski definition) is 3. The zero-order valence-corrected chi connectivity index (χ0v) is 9.28. The van der Waals surface area contributed by atoms with Crippen LogP contribution in [0.1, 0.15) is 24.5 Å². The summed E-state index contributed by atoms with van der Waals surface area (Å²) < 4.78 is 13.5. The summed E-state index contributed by atoms with van der Waals surface area (Å²) in [6, 6.07) is 5.80. The number of hydrogen-bond donors (Lipinski definition) is 3. The van der Waals surface area contributed by atoms with E-state index in [1.807, 2.05) is 0 Å². The normalized spacial score (nSPS) is 17.5. The monoisotopic (exact) mass is 235 g/mol. The first-order valence-corrected chi connectivity index (χ1v) is 5.79.